The van der Waals surface area contributed by atoms with E-state index < -0.39 is 4.92 Å². The number of hydrogen-bond acceptors (Lipinski definition) is 5. The minimum Gasteiger partial charge on any atom is -0.358 e. The first-order valence-electron chi connectivity index (χ1n) is 6.72. The maximum Gasteiger partial charge on any atom is 0.363 e. The monoisotopic (exact) mass is 278 g/mol. The molecule has 2 unspecified atom stereocenters. The third-order valence-corrected chi connectivity index (χ3v) is 3.62. The van der Waals surface area contributed by atoms with Crippen LogP contribution < -0.4 is 10.2 Å². The number of amides is 1. The minimum atomic E-state index is -0.556. The fourth-order valence-corrected chi connectivity index (χ4v) is 2.47. The van der Waals surface area contributed by atoms with Gasteiger partial charge in [0.1, 0.15) is 0 Å². The van der Waals surface area contributed by atoms with E-state index in [0.717, 1.165) is 25.7 Å². The molecule has 0 spiro atoms. The van der Waals surface area contributed by atoms with Crippen LogP contribution in [0.1, 0.15) is 26.2 Å². The molecule has 1 fully saturated rings. The quantitative estimate of drug-likeness (QED) is 0.484. The molecule has 0 radical (unpaired) electrons. The maximum atomic E-state index is 11.2. The minimum absolute atomic E-state index is 0.218. The Bertz CT molecular complexity index is 477. The predicted octanol–water partition coefficient (Wildman–Crippen LogP) is 1.48. The standard InChI is InChI=1S/C13H18N4O3/c1-2-10-3-4-11(15-10)8-16(9-18)12-5-6-13(14-7-12)17(19)20/h5-7,9-11,15H,2-4,8H2,1H3. The lowest BCUT2D eigenvalue weighted by Crippen LogP contribution is -2.39. The molecule has 7 heteroatoms. The molecule has 0 aromatic carbocycles. The van der Waals surface area contributed by atoms with E-state index in [1.807, 2.05) is 0 Å². The number of nitro groups is 1. The SMILES string of the molecule is CCC1CCC(CN(C=O)c2ccc([N+](=O)[O-])nc2)N1. The molecular formula is C13H18N4O3. The van der Waals surface area contributed by atoms with Gasteiger partial charge in [0, 0.05) is 24.7 Å². The summed E-state index contributed by atoms with van der Waals surface area (Å²) in [5, 5.41) is 14.0. The predicted molar refractivity (Wildman–Crippen MR) is 74.5 cm³/mol. The Morgan fingerprint density at radius 2 is 2.25 bits per heavy atom. The van der Waals surface area contributed by atoms with Crippen molar-refractivity contribution < 1.29 is 9.72 Å². The molecule has 1 aromatic rings. The summed E-state index contributed by atoms with van der Waals surface area (Å²) >= 11 is 0. The Balaban J connectivity index is 2.01. The van der Waals surface area contributed by atoms with Gasteiger partial charge in [-0.2, -0.15) is 0 Å². The van der Waals surface area contributed by atoms with E-state index in [0.29, 0.717) is 18.3 Å². The third-order valence-electron chi connectivity index (χ3n) is 3.62. The van der Waals surface area contributed by atoms with Gasteiger partial charge in [-0.3, -0.25) is 4.79 Å². The first-order chi connectivity index (χ1) is 9.63. The summed E-state index contributed by atoms with van der Waals surface area (Å²) in [6.07, 6.45) is 5.33. The summed E-state index contributed by atoms with van der Waals surface area (Å²) in [7, 11) is 0. The van der Waals surface area contributed by atoms with Crippen LogP contribution in [0.3, 0.4) is 0 Å². The van der Waals surface area contributed by atoms with Crippen LogP contribution in [0, 0.1) is 10.1 Å². The van der Waals surface area contributed by atoms with E-state index in [2.05, 4.69) is 17.2 Å². The number of carbonyl (C=O) groups excluding carboxylic acids is 1. The summed E-state index contributed by atoms with van der Waals surface area (Å²) in [6, 6.07) is 3.64. The van der Waals surface area contributed by atoms with Crippen molar-refractivity contribution in [2.75, 3.05) is 11.4 Å². The molecule has 0 bridgehead atoms. The van der Waals surface area contributed by atoms with Crippen LogP contribution in [0.25, 0.3) is 0 Å². The largest absolute Gasteiger partial charge is 0.363 e. The van der Waals surface area contributed by atoms with E-state index in [9.17, 15) is 14.9 Å². The highest BCUT2D eigenvalue weighted by Gasteiger charge is 2.24. The molecule has 1 aliphatic heterocycles. The van der Waals surface area contributed by atoms with Crippen molar-refractivity contribution in [3.63, 3.8) is 0 Å². The molecule has 1 amide bonds. The molecule has 0 aliphatic carbocycles. The van der Waals surface area contributed by atoms with Crippen LogP contribution in [-0.4, -0.2) is 34.9 Å². The Hall–Kier alpha value is -2.02. The van der Waals surface area contributed by atoms with E-state index in [1.54, 1.807) is 6.07 Å². The zero-order valence-corrected chi connectivity index (χ0v) is 11.4. The van der Waals surface area contributed by atoms with Gasteiger partial charge in [0.2, 0.25) is 6.41 Å². The van der Waals surface area contributed by atoms with E-state index in [1.165, 1.54) is 17.2 Å². The van der Waals surface area contributed by atoms with Crippen LogP contribution in [-0.2, 0) is 4.79 Å². The van der Waals surface area contributed by atoms with Gasteiger partial charge >= 0.3 is 5.82 Å². The summed E-state index contributed by atoms with van der Waals surface area (Å²) in [5.74, 6) is -0.218. The molecule has 108 valence electrons. The highest BCUT2D eigenvalue weighted by molar-refractivity contribution is 5.74. The molecule has 1 saturated heterocycles. The zero-order chi connectivity index (χ0) is 14.5. The number of rotatable bonds is 6. The summed E-state index contributed by atoms with van der Waals surface area (Å²) in [6.45, 7) is 2.69. The zero-order valence-electron chi connectivity index (χ0n) is 11.4. The second-order valence-electron chi connectivity index (χ2n) is 4.94. The van der Waals surface area contributed by atoms with Gasteiger partial charge < -0.3 is 20.3 Å². The second kappa shape index (κ2) is 6.42. The Labute approximate surface area is 117 Å². The lowest BCUT2D eigenvalue weighted by molar-refractivity contribution is -0.389. The fraction of sp³-hybridized carbons (Fsp3) is 0.538. The number of hydrogen-bond donors (Lipinski definition) is 1. The molecule has 2 atom stereocenters. The van der Waals surface area contributed by atoms with Crippen molar-refractivity contribution in [2.45, 2.75) is 38.3 Å². The Morgan fingerprint density at radius 3 is 2.75 bits per heavy atom. The Kier molecular flexibility index (Phi) is 4.62. The first-order valence-corrected chi connectivity index (χ1v) is 6.72. The summed E-state index contributed by atoms with van der Waals surface area (Å²) < 4.78 is 0. The lowest BCUT2D eigenvalue weighted by Gasteiger charge is -2.21. The van der Waals surface area contributed by atoms with Crippen molar-refractivity contribution >= 4 is 17.9 Å². The second-order valence-corrected chi connectivity index (χ2v) is 4.94. The highest BCUT2D eigenvalue weighted by atomic mass is 16.6. The maximum absolute atomic E-state index is 11.2. The highest BCUT2D eigenvalue weighted by Crippen LogP contribution is 2.19. The van der Waals surface area contributed by atoms with Crippen LogP contribution in [0.5, 0.6) is 0 Å². The van der Waals surface area contributed by atoms with Crippen molar-refractivity contribution in [3.8, 4) is 0 Å². The van der Waals surface area contributed by atoms with E-state index >= 15 is 0 Å². The van der Waals surface area contributed by atoms with Gasteiger partial charge in [0.25, 0.3) is 0 Å². The number of nitrogens with zero attached hydrogens (tertiary/aromatic N) is 3. The Morgan fingerprint density at radius 1 is 1.50 bits per heavy atom. The van der Waals surface area contributed by atoms with Gasteiger partial charge in [-0.05, 0) is 35.2 Å². The topological polar surface area (TPSA) is 88.4 Å². The van der Waals surface area contributed by atoms with Gasteiger partial charge in [-0.15, -0.1) is 0 Å². The molecular weight excluding hydrogens is 260 g/mol. The number of aromatic nitrogens is 1. The molecule has 20 heavy (non-hydrogen) atoms. The molecule has 7 nitrogen and oxygen atoms in total. The molecule has 1 aromatic heterocycles. The average Bonchev–Trinajstić information content (AvgIpc) is 2.92. The first kappa shape index (κ1) is 14.4. The lowest BCUT2D eigenvalue weighted by atomic mass is 10.1. The van der Waals surface area contributed by atoms with Crippen LogP contribution >= 0.6 is 0 Å². The van der Waals surface area contributed by atoms with E-state index in [-0.39, 0.29) is 11.9 Å². The molecule has 2 rings (SSSR count). The molecule has 1 aliphatic rings. The molecule has 0 saturated carbocycles. The molecule has 2 heterocycles. The third kappa shape index (κ3) is 3.30. The normalized spacial score (nSPS) is 21.6. The number of pyridine rings is 1. The van der Waals surface area contributed by atoms with Crippen molar-refractivity contribution in [2.24, 2.45) is 0 Å². The van der Waals surface area contributed by atoms with Crippen LogP contribution in [0.2, 0.25) is 0 Å². The van der Waals surface area contributed by atoms with Gasteiger partial charge in [-0.1, -0.05) is 6.92 Å². The number of carbonyl (C=O) groups is 1. The summed E-state index contributed by atoms with van der Waals surface area (Å²) in [4.78, 5) is 26.5. The smallest absolute Gasteiger partial charge is 0.358 e. The van der Waals surface area contributed by atoms with Crippen molar-refractivity contribution in [1.82, 2.24) is 10.3 Å². The molecule has 1 N–H and O–H groups in total. The average molecular weight is 278 g/mol. The van der Waals surface area contributed by atoms with Gasteiger partial charge in [0.15, 0.2) is 6.20 Å². The van der Waals surface area contributed by atoms with Crippen molar-refractivity contribution in [1.29, 1.82) is 0 Å². The summed E-state index contributed by atoms with van der Waals surface area (Å²) in [5.41, 5.74) is 0.576. The van der Waals surface area contributed by atoms with Gasteiger partial charge in [-0.25, -0.2) is 0 Å². The fourth-order valence-electron chi connectivity index (χ4n) is 2.47. The van der Waals surface area contributed by atoms with Crippen LogP contribution in [0.4, 0.5) is 11.5 Å². The van der Waals surface area contributed by atoms with Gasteiger partial charge in [0.05, 0.1) is 5.69 Å². The van der Waals surface area contributed by atoms with Crippen LogP contribution in [0.15, 0.2) is 18.3 Å². The number of anilines is 1. The number of nitrogens with one attached hydrogen (secondary N) is 1. The van der Waals surface area contributed by atoms with Crippen molar-refractivity contribution in [3.05, 3.63) is 28.4 Å². The van der Waals surface area contributed by atoms with E-state index in [4.69, 9.17) is 0 Å².